The predicted octanol–water partition coefficient (Wildman–Crippen LogP) is 4.11. The molecule has 2 aromatic carbocycles. The van der Waals surface area contributed by atoms with Gasteiger partial charge in [0.1, 0.15) is 5.82 Å². The molecule has 0 atom stereocenters. The SMILES string of the molecule is CC(C)(C)c1ccc(C(=O)N2CCCN(C(=O)c3ccccc3F)CC2)cc1. The molecule has 0 N–H and O–H groups in total. The van der Waals surface area contributed by atoms with E-state index in [9.17, 15) is 14.0 Å². The molecule has 0 aromatic heterocycles. The molecule has 148 valence electrons. The highest BCUT2D eigenvalue weighted by molar-refractivity contribution is 5.95. The second-order valence-corrected chi connectivity index (χ2v) is 8.25. The molecule has 1 fully saturated rings. The van der Waals surface area contributed by atoms with Gasteiger partial charge in [0.05, 0.1) is 5.56 Å². The van der Waals surface area contributed by atoms with Crippen molar-refractivity contribution in [3.63, 3.8) is 0 Å². The summed E-state index contributed by atoms with van der Waals surface area (Å²) in [4.78, 5) is 28.9. The Bertz CT molecular complexity index is 856. The van der Waals surface area contributed by atoms with Crippen LogP contribution in [-0.2, 0) is 5.41 Å². The molecule has 1 heterocycles. The molecule has 2 amide bonds. The molecule has 28 heavy (non-hydrogen) atoms. The van der Waals surface area contributed by atoms with Crippen molar-refractivity contribution in [2.45, 2.75) is 32.6 Å². The fourth-order valence-electron chi connectivity index (χ4n) is 3.42. The summed E-state index contributed by atoms with van der Waals surface area (Å²) in [5, 5.41) is 0. The van der Waals surface area contributed by atoms with Crippen molar-refractivity contribution < 1.29 is 14.0 Å². The highest BCUT2D eigenvalue weighted by Gasteiger charge is 2.25. The van der Waals surface area contributed by atoms with E-state index in [1.54, 1.807) is 21.9 Å². The minimum atomic E-state index is -0.511. The second kappa shape index (κ2) is 8.13. The third-order valence-corrected chi connectivity index (χ3v) is 5.17. The maximum absolute atomic E-state index is 13.9. The van der Waals surface area contributed by atoms with Crippen LogP contribution >= 0.6 is 0 Å². The van der Waals surface area contributed by atoms with Crippen molar-refractivity contribution in [1.29, 1.82) is 0 Å². The minimum Gasteiger partial charge on any atom is -0.337 e. The molecule has 0 spiro atoms. The molecule has 4 nitrogen and oxygen atoms in total. The van der Waals surface area contributed by atoms with Crippen molar-refractivity contribution in [3.05, 3.63) is 71.0 Å². The minimum absolute atomic E-state index is 0.0272. The first-order valence-corrected chi connectivity index (χ1v) is 9.71. The van der Waals surface area contributed by atoms with Crippen LogP contribution in [0.25, 0.3) is 0 Å². The molecule has 0 radical (unpaired) electrons. The van der Waals surface area contributed by atoms with Crippen LogP contribution in [0.3, 0.4) is 0 Å². The molecule has 0 unspecified atom stereocenters. The van der Waals surface area contributed by atoms with Crippen LogP contribution in [0.4, 0.5) is 4.39 Å². The lowest BCUT2D eigenvalue weighted by Crippen LogP contribution is -2.37. The Kier molecular flexibility index (Phi) is 5.82. The predicted molar refractivity (Wildman–Crippen MR) is 108 cm³/mol. The highest BCUT2D eigenvalue weighted by Crippen LogP contribution is 2.23. The van der Waals surface area contributed by atoms with Crippen LogP contribution in [0.1, 0.15) is 53.5 Å². The number of nitrogens with zero attached hydrogens (tertiary/aromatic N) is 2. The third-order valence-electron chi connectivity index (χ3n) is 5.17. The number of amides is 2. The fraction of sp³-hybridized carbons (Fsp3) is 0.391. The first-order chi connectivity index (χ1) is 13.3. The van der Waals surface area contributed by atoms with Gasteiger partial charge in [-0.2, -0.15) is 0 Å². The summed E-state index contributed by atoms with van der Waals surface area (Å²) < 4.78 is 13.9. The molecule has 0 bridgehead atoms. The van der Waals surface area contributed by atoms with Gasteiger partial charge < -0.3 is 9.80 Å². The van der Waals surface area contributed by atoms with E-state index in [4.69, 9.17) is 0 Å². The number of hydrogen-bond acceptors (Lipinski definition) is 2. The second-order valence-electron chi connectivity index (χ2n) is 8.25. The number of hydrogen-bond donors (Lipinski definition) is 0. The van der Waals surface area contributed by atoms with Gasteiger partial charge in [-0.25, -0.2) is 4.39 Å². The summed E-state index contributed by atoms with van der Waals surface area (Å²) in [5.41, 5.74) is 1.96. The molecular weight excluding hydrogens is 355 g/mol. The Morgan fingerprint density at radius 2 is 1.39 bits per heavy atom. The average Bonchev–Trinajstić information content (AvgIpc) is 2.93. The molecule has 0 aliphatic carbocycles. The van der Waals surface area contributed by atoms with Crippen LogP contribution in [0.15, 0.2) is 48.5 Å². The van der Waals surface area contributed by atoms with E-state index in [0.29, 0.717) is 38.2 Å². The van der Waals surface area contributed by atoms with E-state index in [2.05, 4.69) is 20.8 Å². The van der Waals surface area contributed by atoms with Crippen LogP contribution < -0.4 is 0 Å². The van der Waals surface area contributed by atoms with Gasteiger partial charge in [0.25, 0.3) is 11.8 Å². The van der Waals surface area contributed by atoms with E-state index < -0.39 is 5.82 Å². The summed E-state index contributed by atoms with van der Waals surface area (Å²) in [6.45, 7) is 8.36. The monoisotopic (exact) mass is 382 g/mol. The zero-order chi connectivity index (χ0) is 20.3. The lowest BCUT2D eigenvalue weighted by atomic mass is 9.86. The van der Waals surface area contributed by atoms with Gasteiger partial charge in [0.2, 0.25) is 0 Å². The van der Waals surface area contributed by atoms with Crippen molar-refractivity contribution in [2.75, 3.05) is 26.2 Å². The topological polar surface area (TPSA) is 40.6 Å². The Hall–Kier alpha value is -2.69. The summed E-state index contributed by atoms with van der Waals surface area (Å²) >= 11 is 0. The lowest BCUT2D eigenvalue weighted by molar-refractivity contribution is 0.0716. The summed E-state index contributed by atoms with van der Waals surface area (Å²) in [6.07, 6.45) is 0.673. The largest absolute Gasteiger partial charge is 0.337 e. The van der Waals surface area contributed by atoms with Crippen LogP contribution in [0, 0.1) is 5.82 Å². The smallest absolute Gasteiger partial charge is 0.256 e. The maximum atomic E-state index is 13.9. The summed E-state index contributed by atoms with van der Waals surface area (Å²) in [7, 11) is 0. The summed E-state index contributed by atoms with van der Waals surface area (Å²) in [5.74, 6) is -0.855. The number of rotatable bonds is 2. The van der Waals surface area contributed by atoms with Gasteiger partial charge in [-0.1, -0.05) is 45.0 Å². The normalized spacial score (nSPS) is 15.3. The standard InChI is InChI=1S/C23H27FN2O2/c1-23(2,3)18-11-9-17(10-12-18)21(27)25-13-6-14-26(16-15-25)22(28)19-7-4-5-8-20(19)24/h4-5,7-12H,6,13-16H2,1-3H3. The van der Waals surface area contributed by atoms with Crippen molar-refractivity contribution in [2.24, 2.45) is 0 Å². The Labute approximate surface area is 166 Å². The van der Waals surface area contributed by atoms with E-state index in [0.717, 1.165) is 0 Å². The molecule has 1 aliphatic heterocycles. The average molecular weight is 382 g/mol. The fourth-order valence-corrected chi connectivity index (χ4v) is 3.42. The quantitative estimate of drug-likeness (QED) is 0.784. The van der Waals surface area contributed by atoms with E-state index in [1.165, 1.54) is 17.7 Å². The van der Waals surface area contributed by atoms with Gasteiger partial charge in [0.15, 0.2) is 0 Å². The zero-order valence-corrected chi connectivity index (χ0v) is 16.7. The van der Waals surface area contributed by atoms with E-state index >= 15 is 0 Å². The van der Waals surface area contributed by atoms with Gasteiger partial charge in [0, 0.05) is 31.7 Å². The first-order valence-electron chi connectivity index (χ1n) is 9.71. The molecule has 3 rings (SSSR count). The van der Waals surface area contributed by atoms with Crippen LogP contribution in [0.5, 0.6) is 0 Å². The summed E-state index contributed by atoms with van der Waals surface area (Å²) in [6, 6.07) is 13.8. The first kappa shape index (κ1) is 20.1. The molecule has 1 saturated heterocycles. The number of carbonyl (C=O) groups excluding carboxylic acids is 2. The van der Waals surface area contributed by atoms with Crippen molar-refractivity contribution >= 4 is 11.8 Å². The Morgan fingerprint density at radius 3 is 1.96 bits per heavy atom. The molecule has 1 aliphatic rings. The number of halogens is 1. The molecule has 2 aromatic rings. The zero-order valence-electron chi connectivity index (χ0n) is 16.7. The van der Waals surface area contributed by atoms with Gasteiger partial charge in [-0.05, 0) is 41.7 Å². The Balaban J connectivity index is 1.67. The maximum Gasteiger partial charge on any atom is 0.256 e. The van der Waals surface area contributed by atoms with Crippen LogP contribution in [0.2, 0.25) is 0 Å². The highest BCUT2D eigenvalue weighted by atomic mass is 19.1. The molecule has 5 heteroatoms. The lowest BCUT2D eigenvalue weighted by Gasteiger charge is -2.23. The van der Waals surface area contributed by atoms with Crippen LogP contribution in [-0.4, -0.2) is 47.8 Å². The van der Waals surface area contributed by atoms with Crippen molar-refractivity contribution in [1.82, 2.24) is 9.80 Å². The van der Waals surface area contributed by atoms with E-state index in [1.807, 2.05) is 24.3 Å². The Morgan fingerprint density at radius 1 is 0.821 bits per heavy atom. The van der Waals surface area contributed by atoms with E-state index in [-0.39, 0.29) is 22.8 Å². The molecular formula is C23H27FN2O2. The van der Waals surface area contributed by atoms with Gasteiger partial charge in [-0.3, -0.25) is 9.59 Å². The van der Waals surface area contributed by atoms with Gasteiger partial charge >= 0.3 is 0 Å². The molecule has 0 saturated carbocycles. The van der Waals surface area contributed by atoms with Crippen molar-refractivity contribution in [3.8, 4) is 0 Å². The number of benzene rings is 2. The van der Waals surface area contributed by atoms with Gasteiger partial charge in [-0.15, -0.1) is 0 Å². The number of carbonyl (C=O) groups is 2. The third kappa shape index (κ3) is 4.41.